The van der Waals surface area contributed by atoms with Gasteiger partial charge in [-0.15, -0.1) is 0 Å². The van der Waals surface area contributed by atoms with E-state index in [9.17, 15) is 10.1 Å². The van der Waals surface area contributed by atoms with Crippen molar-refractivity contribution in [3.05, 3.63) is 51.4 Å². The minimum atomic E-state index is -0.558. The normalized spacial score (nSPS) is 11.1. The Hall–Kier alpha value is -2.34. The average molecular weight is 278 g/mol. The highest BCUT2D eigenvalue weighted by Crippen LogP contribution is 2.29. The van der Waals surface area contributed by atoms with Gasteiger partial charge < -0.3 is 14.5 Å². The van der Waals surface area contributed by atoms with Gasteiger partial charge in [0.25, 0.3) is 0 Å². The number of hydrogen-bond acceptors (Lipinski definition) is 4. The van der Waals surface area contributed by atoms with E-state index in [1.165, 1.54) is 0 Å². The third kappa shape index (κ3) is 1.86. The summed E-state index contributed by atoms with van der Waals surface area (Å²) in [5.41, 5.74) is 0.925. The molecule has 6 nitrogen and oxygen atoms in total. The number of rotatable bonds is 2. The molecule has 7 heteroatoms. The van der Waals surface area contributed by atoms with Crippen LogP contribution in [0.1, 0.15) is 5.82 Å². The molecule has 1 aromatic carbocycles. The lowest BCUT2D eigenvalue weighted by Gasteiger charge is -1.95. The van der Waals surface area contributed by atoms with Crippen molar-refractivity contribution in [1.82, 2.24) is 9.38 Å². The summed E-state index contributed by atoms with van der Waals surface area (Å²) in [4.78, 5) is 14.2. The fraction of sp³-hybridized carbons (Fsp3) is 0.0833. The number of nitrogens with zero attached hydrogens (tertiary/aromatic N) is 3. The largest absolute Gasteiger partial charge is 0.431 e. The number of aromatic nitrogens is 2. The molecule has 3 aromatic rings. The molecular weight excluding hydrogens is 270 g/mol. The van der Waals surface area contributed by atoms with Gasteiger partial charge in [-0.3, -0.25) is 0 Å². The molecule has 0 N–H and O–H groups in total. The first kappa shape index (κ1) is 11.7. The van der Waals surface area contributed by atoms with Crippen LogP contribution >= 0.6 is 11.6 Å². The maximum Gasteiger partial charge on any atom is 0.427 e. The molecule has 0 aliphatic carbocycles. The number of hydrogen-bond donors (Lipinski definition) is 0. The minimum absolute atomic E-state index is 0.132. The van der Waals surface area contributed by atoms with Gasteiger partial charge in [-0.25, -0.2) is 4.40 Å². The topological polar surface area (TPSA) is 73.6 Å². The molecule has 0 saturated heterocycles. The minimum Gasteiger partial charge on any atom is -0.431 e. The van der Waals surface area contributed by atoms with Crippen molar-refractivity contribution in [1.29, 1.82) is 0 Å². The van der Waals surface area contributed by atoms with E-state index in [1.807, 2.05) is 0 Å². The summed E-state index contributed by atoms with van der Waals surface area (Å²) in [5, 5.41) is 11.5. The molecule has 19 heavy (non-hydrogen) atoms. The van der Waals surface area contributed by atoms with Crippen molar-refractivity contribution < 1.29 is 9.34 Å². The second-order valence-corrected chi connectivity index (χ2v) is 4.45. The summed E-state index contributed by atoms with van der Waals surface area (Å²) < 4.78 is 7.08. The van der Waals surface area contributed by atoms with E-state index < -0.39 is 4.92 Å². The number of imidazole rings is 1. The monoisotopic (exact) mass is 277 g/mol. The van der Waals surface area contributed by atoms with E-state index in [1.54, 1.807) is 41.8 Å². The van der Waals surface area contributed by atoms with Gasteiger partial charge in [0, 0.05) is 17.5 Å². The Morgan fingerprint density at radius 2 is 2.05 bits per heavy atom. The number of aryl methyl sites for hydroxylation is 1. The lowest BCUT2D eigenvalue weighted by Crippen LogP contribution is -1.87. The predicted octanol–water partition coefficient (Wildman–Crippen LogP) is 3.46. The smallest absolute Gasteiger partial charge is 0.427 e. The van der Waals surface area contributed by atoms with Crippen LogP contribution in [0.25, 0.3) is 17.0 Å². The second-order valence-electron chi connectivity index (χ2n) is 4.02. The highest BCUT2D eigenvalue weighted by Gasteiger charge is 2.24. The van der Waals surface area contributed by atoms with Crippen molar-refractivity contribution in [2.45, 2.75) is 6.92 Å². The Balaban J connectivity index is 2.19. The maximum absolute atomic E-state index is 10.9. The molecule has 0 spiro atoms. The van der Waals surface area contributed by atoms with Crippen LogP contribution < -0.4 is 0 Å². The molecule has 0 saturated carbocycles. The van der Waals surface area contributed by atoms with Gasteiger partial charge in [0.1, 0.15) is 0 Å². The Labute approximate surface area is 112 Å². The van der Waals surface area contributed by atoms with Gasteiger partial charge in [0.2, 0.25) is 5.82 Å². The molecule has 0 radical (unpaired) electrons. The fourth-order valence-corrected chi connectivity index (χ4v) is 2.00. The average Bonchev–Trinajstić information content (AvgIpc) is 2.91. The molecule has 3 rings (SSSR count). The molecule has 2 heterocycles. The van der Waals surface area contributed by atoms with Crippen LogP contribution in [0.2, 0.25) is 5.02 Å². The Kier molecular flexibility index (Phi) is 2.53. The Morgan fingerprint density at radius 1 is 1.37 bits per heavy atom. The van der Waals surface area contributed by atoms with Gasteiger partial charge in [-0.2, -0.15) is 0 Å². The number of halogens is 1. The van der Waals surface area contributed by atoms with E-state index in [0.29, 0.717) is 16.6 Å². The first-order valence-corrected chi connectivity index (χ1v) is 5.83. The SMILES string of the molecule is Cc1nc([N+](=O)[O-])c2oc(-c3ccc(Cl)cc3)cn12. The van der Waals surface area contributed by atoms with Crippen molar-refractivity contribution in [2.75, 3.05) is 0 Å². The van der Waals surface area contributed by atoms with Gasteiger partial charge in [-0.05, 0) is 34.2 Å². The molecule has 0 aliphatic heterocycles. The van der Waals surface area contributed by atoms with Gasteiger partial charge in [-0.1, -0.05) is 11.6 Å². The zero-order chi connectivity index (χ0) is 13.6. The number of benzene rings is 1. The van der Waals surface area contributed by atoms with Crippen LogP contribution in [0.15, 0.2) is 34.9 Å². The summed E-state index contributed by atoms with van der Waals surface area (Å²) in [5.74, 6) is 0.753. The first-order chi connectivity index (χ1) is 9.06. The van der Waals surface area contributed by atoms with E-state index in [2.05, 4.69) is 4.98 Å². The first-order valence-electron chi connectivity index (χ1n) is 5.45. The van der Waals surface area contributed by atoms with Gasteiger partial charge in [0.05, 0.1) is 6.20 Å². The second kappa shape index (κ2) is 4.10. The van der Waals surface area contributed by atoms with E-state index >= 15 is 0 Å². The number of nitro groups is 1. The molecule has 0 amide bonds. The molecular formula is C12H8ClN3O3. The maximum atomic E-state index is 10.9. The van der Waals surface area contributed by atoms with Gasteiger partial charge >= 0.3 is 11.5 Å². The van der Waals surface area contributed by atoms with Crippen molar-refractivity contribution in [3.8, 4) is 11.3 Å². The number of oxazole rings is 1. The highest BCUT2D eigenvalue weighted by molar-refractivity contribution is 6.30. The predicted molar refractivity (Wildman–Crippen MR) is 69.3 cm³/mol. The molecule has 0 unspecified atom stereocenters. The highest BCUT2D eigenvalue weighted by atomic mass is 35.5. The third-order valence-corrected chi connectivity index (χ3v) is 3.03. The lowest BCUT2D eigenvalue weighted by molar-refractivity contribution is -0.388. The zero-order valence-electron chi connectivity index (χ0n) is 9.83. The van der Waals surface area contributed by atoms with Crippen LogP contribution in [-0.2, 0) is 0 Å². The standard InChI is InChI=1S/C12H8ClN3O3/c1-7-14-11(16(17)18)12-15(7)6-10(19-12)8-2-4-9(13)5-3-8/h2-6H,1H3. The quantitative estimate of drug-likeness (QED) is 0.531. The Bertz CT molecular complexity index is 773. The Morgan fingerprint density at radius 3 is 2.68 bits per heavy atom. The third-order valence-electron chi connectivity index (χ3n) is 2.78. The van der Waals surface area contributed by atoms with Crippen molar-refractivity contribution >= 4 is 23.1 Å². The number of fused-ring (bicyclic) bond motifs is 1. The van der Waals surface area contributed by atoms with Crippen LogP contribution in [0.4, 0.5) is 5.82 Å². The summed E-state index contributed by atoms with van der Waals surface area (Å²) in [6.45, 7) is 1.68. The fourth-order valence-electron chi connectivity index (χ4n) is 1.87. The lowest BCUT2D eigenvalue weighted by atomic mass is 10.2. The van der Waals surface area contributed by atoms with Crippen LogP contribution in [0.3, 0.4) is 0 Å². The van der Waals surface area contributed by atoms with E-state index in [-0.39, 0.29) is 11.5 Å². The van der Waals surface area contributed by atoms with Crippen molar-refractivity contribution in [3.63, 3.8) is 0 Å². The molecule has 96 valence electrons. The summed E-state index contributed by atoms with van der Waals surface area (Å²) >= 11 is 5.81. The zero-order valence-corrected chi connectivity index (χ0v) is 10.6. The molecule has 0 atom stereocenters. The summed E-state index contributed by atoms with van der Waals surface area (Å²) in [7, 11) is 0. The van der Waals surface area contributed by atoms with Crippen molar-refractivity contribution in [2.24, 2.45) is 0 Å². The molecule has 2 aromatic heterocycles. The molecule has 0 aliphatic rings. The summed E-state index contributed by atoms with van der Waals surface area (Å²) in [6.07, 6.45) is 1.67. The van der Waals surface area contributed by atoms with Crippen LogP contribution in [0, 0.1) is 17.0 Å². The van der Waals surface area contributed by atoms with E-state index in [4.69, 9.17) is 16.0 Å². The van der Waals surface area contributed by atoms with Crippen LogP contribution in [-0.4, -0.2) is 14.3 Å². The summed E-state index contributed by atoms with van der Waals surface area (Å²) in [6, 6.07) is 7.03. The molecule has 0 fully saturated rings. The molecule has 0 bridgehead atoms. The van der Waals surface area contributed by atoms with Crippen LogP contribution in [0.5, 0.6) is 0 Å². The van der Waals surface area contributed by atoms with Gasteiger partial charge in [0.15, 0.2) is 5.76 Å². The van der Waals surface area contributed by atoms with E-state index in [0.717, 1.165) is 5.56 Å².